The minimum absolute atomic E-state index is 0.0415. The first-order valence-electron chi connectivity index (χ1n) is 6.55. The van der Waals surface area contributed by atoms with E-state index >= 15 is 0 Å². The average Bonchev–Trinajstić information content (AvgIpc) is 2.84. The van der Waals surface area contributed by atoms with E-state index in [9.17, 15) is 5.11 Å². The van der Waals surface area contributed by atoms with Gasteiger partial charge >= 0.3 is 0 Å². The van der Waals surface area contributed by atoms with E-state index in [1.54, 1.807) is 6.20 Å². The fraction of sp³-hybridized carbons (Fsp3) is 0.500. The Hall–Kier alpha value is -1.59. The standard InChI is InChI=1S/C14H19N3O2/c1-14(2)10-16(8-11(9-18)19-14)13-5-3-4-12-15-6-7-17(12)13/h3-7,11,18H,8-10H2,1-2H3. The van der Waals surface area contributed by atoms with Crippen LogP contribution in [0.4, 0.5) is 5.82 Å². The Bertz CT molecular complexity index is 579. The van der Waals surface area contributed by atoms with Crippen LogP contribution in [0.5, 0.6) is 0 Å². The van der Waals surface area contributed by atoms with E-state index in [2.05, 4.69) is 34.2 Å². The molecule has 102 valence electrons. The maximum atomic E-state index is 9.39. The number of aliphatic hydroxyl groups excluding tert-OH is 1. The van der Waals surface area contributed by atoms with Gasteiger partial charge in [0.1, 0.15) is 11.5 Å². The van der Waals surface area contributed by atoms with Crippen molar-refractivity contribution in [2.75, 3.05) is 24.6 Å². The maximum absolute atomic E-state index is 9.39. The molecule has 1 atom stereocenters. The van der Waals surface area contributed by atoms with Crippen LogP contribution in [0.15, 0.2) is 30.6 Å². The Morgan fingerprint density at radius 1 is 1.47 bits per heavy atom. The van der Waals surface area contributed by atoms with Crippen LogP contribution in [-0.4, -0.2) is 45.9 Å². The lowest BCUT2D eigenvalue weighted by Crippen LogP contribution is -2.54. The van der Waals surface area contributed by atoms with Crippen molar-refractivity contribution in [1.29, 1.82) is 0 Å². The number of hydrogen-bond acceptors (Lipinski definition) is 4. The molecule has 5 nitrogen and oxygen atoms in total. The number of aromatic nitrogens is 2. The summed E-state index contributed by atoms with van der Waals surface area (Å²) in [4.78, 5) is 6.55. The van der Waals surface area contributed by atoms with Crippen LogP contribution in [0.25, 0.3) is 5.65 Å². The predicted molar refractivity (Wildman–Crippen MR) is 73.4 cm³/mol. The zero-order chi connectivity index (χ0) is 13.5. The Morgan fingerprint density at radius 3 is 3.11 bits per heavy atom. The van der Waals surface area contributed by atoms with Crippen molar-refractivity contribution in [1.82, 2.24) is 9.38 Å². The van der Waals surface area contributed by atoms with Gasteiger partial charge in [-0.15, -0.1) is 0 Å². The third kappa shape index (κ3) is 2.31. The first kappa shape index (κ1) is 12.4. The Kier molecular flexibility index (Phi) is 2.95. The quantitative estimate of drug-likeness (QED) is 0.885. The van der Waals surface area contributed by atoms with E-state index in [0.717, 1.165) is 18.0 Å². The number of nitrogens with zero attached hydrogens (tertiary/aromatic N) is 3. The molecule has 5 heteroatoms. The van der Waals surface area contributed by atoms with Crippen molar-refractivity contribution in [3.8, 4) is 0 Å². The largest absolute Gasteiger partial charge is 0.394 e. The van der Waals surface area contributed by atoms with Crippen LogP contribution in [0.1, 0.15) is 13.8 Å². The number of ether oxygens (including phenoxy) is 1. The van der Waals surface area contributed by atoms with Gasteiger partial charge < -0.3 is 14.7 Å². The fourth-order valence-corrected chi connectivity index (χ4v) is 2.76. The summed E-state index contributed by atoms with van der Waals surface area (Å²) >= 11 is 0. The summed E-state index contributed by atoms with van der Waals surface area (Å²) in [5, 5.41) is 9.39. The van der Waals surface area contributed by atoms with Crippen LogP contribution in [0.3, 0.4) is 0 Å². The minimum Gasteiger partial charge on any atom is -0.394 e. The fourth-order valence-electron chi connectivity index (χ4n) is 2.76. The molecule has 1 N–H and O–H groups in total. The molecule has 0 aromatic carbocycles. The summed E-state index contributed by atoms with van der Waals surface area (Å²) in [6.45, 7) is 5.63. The molecular formula is C14H19N3O2. The first-order chi connectivity index (χ1) is 9.09. The molecule has 0 aliphatic carbocycles. The molecule has 1 aliphatic rings. The van der Waals surface area contributed by atoms with Gasteiger partial charge in [-0.25, -0.2) is 4.98 Å². The molecule has 0 spiro atoms. The highest BCUT2D eigenvalue weighted by molar-refractivity contribution is 5.52. The van der Waals surface area contributed by atoms with Gasteiger partial charge in [0, 0.05) is 25.5 Å². The maximum Gasteiger partial charge on any atom is 0.138 e. The number of fused-ring (bicyclic) bond motifs is 1. The Labute approximate surface area is 112 Å². The third-order valence-electron chi connectivity index (χ3n) is 3.42. The highest BCUT2D eigenvalue weighted by atomic mass is 16.5. The average molecular weight is 261 g/mol. The molecule has 2 aromatic heterocycles. The molecule has 19 heavy (non-hydrogen) atoms. The van der Waals surface area contributed by atoms with Gasteiger partial charge in [-0.05, 0) is 26.0 Å². The van der Waals surface area contributed by atoms with Gasteiger partial charge in [0.2, 0.25) is 0 Å². The van der Waals surface area contributed by atoms with E-state index in [1.165, 1.54) is 0 Å². The molecule has 0 radical (unpaired) electrons. The van der Waals surface area contributed by atoms with Gasteiger partial charge in [0.05, 0.1) is 18.3 Å². The van der Waals surface area contributed by atoms with Gasteiger partial charge in [-0.1, -0.05) is 6.07 Å². The molecular weight excluding hydrogens is 242 g/mol. The van der Waals surface area contributed by atoms with Crippen molar-refractivity contribution in [2.45, 2.75) is 25.6 Å². The van der Waals surface area contributed by atoms with Crippen LogP contribution >= 0.6 is 0 Å². The molecule has 0 saturated carbocycles. The van der Waals surface area contributed by atoms with E-state index in [0.29, 0.717) is 6.54 Å². The highest BCUT2D eigenvalue weighted by Crippen LogP contribution is 2.26. The highest BCUT2D eigenvalue weighted by Gasteiger charge is 2.33. The number of pyridine rings is 1. The van der Waals surface area contributed by atoms with E-state index in [-0.39, 0.29) is 18.3 Å². The van der Waals surface area contributed by atoms with Crippen molar-refractivity contribution in [2.24, 2.45) is 0 Å². The lowest BCUT2D eigenvalue weighted by Gasteiger charge is -2.43. The second-order valence-electron chi connectivity index (χ2n) is 5.60. The second kappa shape index (κ2) is 4.51. The molecule has 0 bridgehead atoms. The molecule has 1 aliphatic heterocycles. The number of imidazole rings is 1. The smallest absolute Gasteiger partial charge is 0.138 e. The Balaban J connectivity index is 1.98. The minimum atomic E-state index is -0.269. The van der Waals surface area contributed by atoms with Gasteiger partial charge in [0.15, 0.2) is 0 Å². The zero-order valence-electron chi connectivity index (χ0n) is 11.3. The SMILES string of the molecule is CC1(C)CN(c2cccc3nccn23)CC(CO)O1. The first-order valence-corrected chi connectivity index (χ1v) is 6.55. The van der Waals surface area contributed by atoms with Crippen molar-refractivity contribution in [3.63, 3.8) is 0 Å². The zero-order valence-corrected chi connectivity index (χ0v) is 11.3. The normalized spacial score (nSPS) is 22.9. The predicted octanol–water partition coefficient (Wildman–Crippen LogP) is 1.31. The van der Waals surface area contributed by atoms with Crippen molar-refractivity contribution in [3.05, 3.63) is 30.6 Å². The molecule has 2 aromatic rings. The Morgan fingerprint density at radius 2 is 2.32 bits per heavy atom. The van der Waals surface area contributed by atoms with Crippen LogP contribution in [0, 0.1) is 0 Å². The van der Waals surface area contributed by atoms with E-state index in [1.807, 2.05) is 18.3 Å². The summed E-state index contributed by atoms with van der Waals surface area (Å²) in [6.07, 6.45) is 3.61. The molecule has 0 amide bonds. The van der Waals surface area contributed by atoms with E-state index < -0.39 is 0 Å². The number of anilines is 1. The number of hydrogen-bond donors (Lipinski definition) is 1. The molecule has 1 saturated heterocycles. The van der Waals surface area contributed by atoms with Gasteiger partial charge in [-0.2, -0.15) is 0 Å². The summed E-state index contributed by atoms with van der Waals surface area (Å²) in [7, 11) is 0. The number of rotatable bonds is 2. The molecule has 3 heterocycles. The second-order valence-corrected chi connectivity index (χ2v) is 5.60. The van der Waals surface area contributed by atoms with Crippen LogP contribution in [-0.2, 0) is 4.74 Å². The summed E-state index contributed by atoms with van der Waals surface area (Å²) in [5.41, 5.74) is 0.663. The van der Waals surface area contributed by atoms with Gasteiger partial charge in [0.25, 0.3) is 0 Å². The molecule has 1 fully saturated rings. The van der Waals surface area contributed by atoms with Crippen LogP contribution in [0.2, 0.25) is 0 Å². The number of morpholine rings is 1. The lowest BCUT2D eigenvalue weighted by atomic mass is 10.1. The molecule has 3 rings (SSSR count). The van der Waals surface area contributed by atoms with Crippen molar-refractivity contribution < 1.29 is 9.84 Å². The van der Waals surface area contributed by atoms with E-state index in [4.69, 9.17) is 4.74 Å². The summed E-state index contributed by atoms with van der Waals surface area (Å²) < 4.78 is 7.92. The lowest BCUT2D eigenvalue weighted by molar-refractivity contribution is -0.101. The van der Waals surface area contributed by atoms with Gasteiger partial charge in [-0.3, -0.25) is 4.40 Å². The third-order valence-corrected chi connectivity index (χ3v) is 3.42. The molecule has 1 unspecified atom stereocenters. The van der Waals surface area contributed by atoms with Crippen LogP contribution < -0.4 is 4.90 Å². The summed E-state index contributed by atoms with van der Waals surface area (Å²) in [6, 6.07) is 6.07. The van der Waals surface area contributed by atoms with Crippen molar-refractivity contribution >= 4 is 11.5 Å². The summed E-state index contributed by atoms with van der Waals surface area (Å²) in [5.74, 6) is 1.09. The number of aliphatic hydroxyl groups is 1. The monoisotopic (exact) mass is 261 g/mol. The topological polar surface area (TPSA) is 50.0 Å².